The lowest BCUT2D eigenvalue weighted by atomic mass is 9.96. The normalized spacial score (nSPS) is 16.6. The van der Waals surface area contributed by atoms with Crippen LogP contribution in [0.1, 0.15) is 49.4 Å². The second-order valence-corrected chi connectivity index (χ2v) is 7.60. The molecule has 1 aliphatic rings. The van der Waals surface area contributed by atoms with Crippen LogP contribution < -0.4 is 10.6 Å². The number of hydrogen-bond acceptors (Lipinski definition) is 3. The highest BCUT2D eigenvalue weighted by Gasteiger charge is 2.42. The van der Waals surface area contributed by atoms with Gasteiger partial charge in [0.2, 0.25) is 5.91 Å². The number of aryl methyl sites for hydroxylation is 1. The monoisotopic (exact) mass is 379 g/mol. The molecule has 28 heavy (non-hydrogen) atoms. The summed E-state index contributed by atoms with van der Waals surface area (Å²) in [7, 11) is 0. The zero-order chi connectivity index (χ0) is 20.1. The van der Waals surface area contributed by atoms with Gasteiger partial charge in [0, 0.05) is 0 Å². The van der Waals surface area contributed by atoms with Crippen LogP contribution in [0.5, 0.6) is 0 Å². The zero-order valence-electron chi connectivity index (χ0n) is 16.3. The predicted octanol–water partition coefficient (Wildman–Crippen LogP) is 3.88. The molecule has 0 aliphatic heterocycles. The van der Waals surface area contributed by atoms with E-state index >= 15 is 0 Å². The number of carbonyl (C=O) groups excluding carboxylic acids is 1. The van der Waals surface area contributed by atoms with Crippen LogP contribution in [0.4, 0.5) is 4.39 Å². The molecule has 0 bridgehead atoms. The fourth-order valence-corrected chi connectivity index (χ4v) is 3.47. The van der Waals surface area contributed by atoms with E-state index in [1.165, 1.54) is 17.7 Å². The van der Waals surface area contributed by atoms with Crippen molar-refractivity contribution in [2.24, 2.45) is 5.92 Å². The minimum atomic E-state index is -0.824. The average Bonchev–Trinajstić information content (AvgIpc) is 3.54. The molecule has 3 rings (SSSR count). The van der Waals surface area contributed by atoms with Gasteiger partial charge in [-0.1, -0.05) is 43.3 Å². The number of halogens is 1. The highest BCUT2D eigenvalue weighted by molar-refractivity contribution is 5.79. The quantitative estimate of drug-likeness (QED) is 0.732. The summed E-state index contributed by atoms with van der Waals surface area (Å²) < 4.78 is 13.8. The number of benzene rings is 2. The van der Waals surface area contributed by atoms with E-state index in [0.29, 0.717) is 0 Å². The molecule has 2 atom stereocenters. The standard InChI is InChI=1S/C23H26FN3O/c1-3-16-7-9-17(10-8-16)22(18-5-4-6-20(24)13-18)26-14-21(28)27-23(2,15-25)19-11-12-19/h4-10,13,19,22,26H,3,11-12,14H2,1-2H3,(H,27,28)/t22-,23-/m1/s1. The number of nitrogens with one attached hydrogen (secondary N) is 2. The molecule has 2 aromatic carbocycles. The minimum Gasteiger partial charge on any atom is -0.337 e. The van der Waals surface area contributed by atoms with Crippen LogP contribution in [-0.4, -0.2) is 18.0 Å². The topological polar surface area (TPSA) is 64.9 Å². The van der Waals surface area contributed by atoms with Crippen molar-refractivity contribution < 1.29 is 9.18 Å². The summed E-state index contributed by atoms with van der Waals surface area (Å²) in [5.74, 6) is -0.325. The summed E-state index contributed by atoms with van der Waals surface area (Å²) >= 11 is 0. The van der Waals surface area contributed by atoms with Gasteiger partial charge in [-0.05, 0) is 60.9 Å². The summed E-state index contributed by atoms with van der Waals surface area (Å²) in [5, 5.41) is 15.5. The van der Waals surface area contributed by atoms with Crippen molar-refractivity contribution in [2.75, 3.05) is 6.54 Å². The molecule has 1 aliphatic carbocycles. The molecule has 1 saturated carbocycles. The molecule has 146 valence electrons. The van der Waals surface area contributed by atoms with E-state index in [4.69, 9.17) is 0 Å². The van der Waals surface area contributed by atoms with Crippen LogP contribution in [0.25, 0.3) is 0 Å². The first kappa shape index (κ1) is 20.0. The Morgan fingerprint density at radius 2 is 1.96 bits per heavy atom. The number of carbonyl (C=O) groups is 1. The molecule has 0 unspecified atom stereocenters. The third kappa shape index (κ3) is 4.76. The van der Waals surface area contributed by atoms with Crippen molar-refractivity contribution in [2.45, 2.75) is 44.7 Å². The zero-order valence-corrected chi connectivity index (χ0v) is 16.3. The molecule has 1 fully saturated rings. The van der Waals surface area contributed by atoms with E-state index in [-0.39, 0.29) is 30.2 Å². The first-order chi connectivity index (χ1) is 13.4. The Kier molecular flexibility index (Phi) is 6.11. The predicted molar refractivity (Wildman–Crippen MR) is 107 cm³/mol. The van der Waals surface area contributed by atoms with Gasteiger partial charge in [0.25, 0.3) is 0 Å². The van der Waals surface area contributed by atoms with Gasteiger partial charge in [-0.15, -0.1) is 0 Å². The maximum absolute atomic E-state index is 13.8. The summed E-state index contributed by atoms with van der Waals surface area (Å²) in [4.78, 5) is 12.5. The van der Waals surface area contributed by atoms with Crippen LogP contribution >= 0.6 is 0 Å². The van der Waals surface area contributed by atoms with Crippen LogP contribution in [0.15, 0.2) is 48.5 Å². The van der Waals surface area contributed by atoms with Gasteiger partial charge in [0.1, 0.15) is 11.4 Å². The summed E-state index contributed by atoms with van der Waals surface area (Å²) in [6.07, 6.45) is 2.87. The van der Waals surface area contributed by atoms with Crippen LogP contribution in [-0.2, 0) is 11.2 Å². The second-order valence-electron chi connectivity index (χ2n) is 7.60. The molecule has 1 amide bonds. The fourth-order valence-electron chi connectivity index (χ4n) is 3.47. The van der Waals surface area contributed by atoms with Gasteiger partial charge in [-0.2, -0.15) is 5.26 Å². The number of amides is 1. The highest BCUT2D eigenvalue weighted by atomic mass is 19.1. The minimum absolute atomic E-state index is 0.0424. The Morgan fingerprint density at radius 1 is 1.25 bits per heavy atom. The van der Waals surface area contributed by atoms with Crippen LogP contribution in [0.2, 0.25) is 0 Å². The number of nitrogens with zero attached hydrogens (tertiary/aromatic N) is 1. The van der Waals surface area contributed by atoms with E-state index in [9.17, 15) is 14.4 Å². The summed E-state index contributed by atoms with van der Waals surface area (Å²) in [5.41, 5.74) is 2.10. The van der Waals surface area contributed by atoms with Crippen molar-refractivity contribution >= 4 is 5.91 Å². The van der Waals surface area contributed by atoms with Gasteiger partial charge >= 0.3 is 0 Å². The molecule has 0 radical (unpaired) electrons. The molecule has 0 spiro atoms. The van der Waals surface area contributed by atoms with E-state index in [2.05, 4.69) is 23.6 Å². The summed E-state index contributed by atoms with van der Waals surface area (Å²) in [6.45, 7) is 3.91. The van der Waals surface area contributed by atoms with Crippen molar-refractivity contribution in [3.05, 3.63) is 71.0 Å². The third-order valence-electron chi connectivity index (χ3n) is 5.40. The fraction of sp³-hybridized carbons (Fsp3) is 0.391. The molecule has 0 aromatic heterocycles. The Morgan fingerprint density at radius 3 is 2.54 bits per heavy atom. The van der Waals surface area contributed by atoms with Crippen molar-refractivity contribution in [3.63, 3.8) is 0 Å². The molecular formula is C23H26FN3O. The van der Waals surface area contributed by atoms with Gasteiger partial charge < -0.3 is 5.32 Å². The van der Waals surface area contributed by atoms with E-state index in [1.807, 2.05) is 30.3 Å². The van der Waals surface area contributed by atoms with Gasteiger partial charge in [-0.3, -0.25) is 10.1 Å². The lowest BCUT2D eigenvalue weighted by Gasteiger charge is -2.25. The summed E-state index contributed by atoms with van der Waals surface area (Å²) in [6, 6.07) is 16.4. The first-order valence-electron chi connectivity index (χ1n) is 9.75. The molecule has 2 aromatic rings. The average molecular weight is 379 g/mol. The Hall–Kier alpha value is -2.71. The maximum atomic E-state index is 13.8. The number of nitriles is 1. The molecular weight excluding hydrogens is 353 g/mol. The van der Waals surface area contributed by atoms with Crippen LogP contribution in [0, 0.1) is 23.1 Å². The Labute approximate surface area is 165 Å². The molecule has 2 N–H and O–H groups in total. The number of hydrogen-bond donors (Lipinski definition) is 2. The number of rotatable bonds is 8. The smallest absolute Gasteiger partial charge is 0.235 e. The third-order valence-corrected chi connectivity index (χ3v) is 5.40. The van der Waals surface area contributed by atoms with Gasteiger partial charge in [0.15, 0.2) is 0 Å². The molecule has 5 heteroatoms. The van der Waals surface area contributed by atoms with Gasteiger partial charge in [0.05, 0.1) is 18.7 Å². The van der Waals surface area contributed by atoms with Gasteiger partial charge in [-0.25, -0.2) is 4.39 Å². The van der Waals surface area contributed by atoms with E-state index < -0.39 is 5.54 Å². The lowest BCUT2D eigenvalue weighted by molar-refractivity contribution is -0.121. The first-order valence-corrected chi connectivity index (χ1v) is 9.75. The Balaban J connectivity index is 1.75. The largest absolute Gasteiger partial charge is 0.337 e. The van der Waals surface area contributed by atoms with Crippen LogP contribution in [0.3, 0.4) is 0 Å². The molecule has 4 nitrogen and oxygen atoms in total. The molecule has 0 heterocycles. The second kappa shape index (κ2) is 8.53. The van der Waals surface area contributed by atoms with E-state index in [0.717, 1.165) is 30.4 Å². The molecule has 0 saturated heterocycles. The van der Waals surface area contributed by atoms with Crippen molar-refractivity contribution in [1.82, 2.24) is 10.6 Å². The van der Waals surface area contributed by atoms with Crippen molar-refractivity contribution in [3.8, 4) is 6.07 Å². The van der Waals surface area contributed by atoms with Crippen molar-refractivity contribution in [1.29, 1.82) is 5.26 Å². The Bertz CT molecular complexity index is 870. The maximum Gasteiger partial charge on any atom is 0.235 e. The van der Waals surface area contributed by atoms with E-state index in [1.54, 1.807) is 13.0 Å². The highest BCUT2D eigenvalue weighted by Crippen LogP contribution is 2.39. The SMILES string of the molecule is CCc1ccc([C@@H](NCC(=O)N[C@](C)(C#N)C2CC2)c2cccc(F)c2)cc1. The lowest BCUT2D eigenvalue weighted by Crippen LogP contribution is -2.49.